The van der Waals surface area contributed by atoms with Gasteiger partial charge in [-0.25, -0.2) is 19.0 Å². The minimum atomic E-state index is -1.91. The maximum Gasteiger partial charge on any atom is 0.425 e. The molecule has 232 valence electrons. The van der Waals surface area contributed by atoms with Crippen LogP contribution in [0.4, 0.5) is 19.8 Å². The Balaban J connectivity index is 1.92. The maximum atomic E-state index is 16.3. The van der Waals surface area contributed by atoms with E-state index in [1.807, 2.05) is 51.1 Å². The molecule has 1 aliphatic carbocycles. The molecule has 1 aromatic heterocycles. The normalized spacial score (nSPS) is 20.7. The second-order valence-electron chi connectivity index (χ2n) is 13.8. The SMILES string of the molecule is CC(C)(C)OC(=O)[C@@H]1CCC(F)(C#Cc2cccc(N(C(=O)OC(C)(C)C)C(=O)OC(C)(C)C)n2)C[C@H]1c1ccccc1. The van der Waals surface area contributed by atoms with Crippen molar-refractivity contribution in [3.8, 4) is 11.8 Å². The van der Waals surface area contributed by atoms with Crippen molar-refractivity contribution in [1.82, 2.24) is 4.98 Å². The van der Waals surface area contributed by atoms with E-state index < -0.39 is 46.5 Å². The van der Waals surface area contributed by atoms with Crippen molar-refractivity contribution in [3.63, 3.8) is 0 Å². The molecule has 1 heterocycles. The molecule has 3 atom stereocenters. The Morgan fingerprint density at radius 2 is 1.40 bits per heavy atom. The molecule has 0 aliphatic heterocycles. The molecule has 43 heavy (non-hydrogen) atoms. The lowest BCUT2D eigenvalue weighted by molar-refractivity contribution is -0.162. The molecular weight excluding hydrogens is 551 g/mol. The summed E-state index contributed by atoms with van der Waals surface area (Å²) >= 11 is 0. The summed E-state index contributed by atoms with van der Waals surface area (Å²) < 4.78 is 32.9. The molecule has 3 rings (SSSR count). The van der Waals surface area contributed by atoms with Crippen LogP contribution in [-0.2, 0) is 19.0 Å². The van der Waals surface area contributed by atoms with Gasteiger partial charge < -0.3 is 14.2 Å². The number of ether oxygens (including phenoxy) is 3. The van der Waals surface area contributed by atoms with Crippen LogP contribution in [-0.4, -0.2) is 45.6 Å². The van der Waals surface area contributed by atoms with Crippen molar-refractivity contribution in [3.05, 3.63) is 59.8 Å². The molecule has 1 aliphatic rings. The minimum Gasteiger partial charge on any atom is -0.460 e. The van der Waals surface area contributed by atoms with Gasteiger partial charge in [0.05, 0.1) is 5.92 Å². The smallest absolute Gasteiger partial charge is 0.425 e. The highest BCUT2D eigenvalue weighted by atomic mass is 19.1. The lowest BCUT2D eigenvalue weighted by atomic mass is 9.70. The first-order valence-electron chi connectivity index (χ1n) is 14.5. The van der Waals surface area contributed by atoms with Gasteiger partial charge in [-0.15, -0.1) is 0 Å². The van der Waals surface area contributed by atoms with E-state index in [-0.39, 0.29) is 36.7 Å². The number of nitrogens with zero attached hydrogens (tertiary/aromatic N) is 2. The molecular formula is C34H43FN2O6. The predicted molar refractivity (Wildman–Crippen MR) is 162 cm³/mol. The summed E-state index contributed by atoms with van der Waals surface area (Å²) in [6.07, 6.45) is -1.64. The zero-order valence-corrected chi connectivity index (χ0v) is 26.6. The quantitative estimate of drug-likeness (QED) is 0.204. The van der Waals surface area contributed by atoms with Crippen LogP contribution in [0.15, 0.2) is 48.5 Å². The van der Waals surface area contributed by atoms with Gasteiger partial charge in [-0.2, -0.15) is 4.90 Å². The fourth-order valence-electron chi connectivity index (χ4n) is 4.67. The van der Waals surface area contributed by atoms with Gasteiger partial charge in [0.15, 0.2) is 5.67 Å². The summed E-state index contributed by atoms with van der Waals surface area (Å²) in [4.78, 5) is 44.2. The third-order valence-electron chi connectivity index (χ3n) is 6.35. The Morgan fingerprint density at radius 1 is 0.837 bits per heavy atom. The second-order valence-corrected chi connectivity index (χ2v) is 13.8. The minimum absolute atomic E-state index is 0.00441. The molecule has 1 fully saturated rings. The van der Waals surface area contributed by atoms with E-state index in [4.69, 9.17) is 14.2 Å². The first-order chi connectivity index (χ1) is 19.8. The van der Waals surface area contributed by atoms with Gasteiger partial charge in [0.25, 0.3) is 0 Å². The second kappa shape index (κ2) is 12.7. The van der Waals surface area contributed by atoms with Crippen LogP contribution in [0.3, 0.4) is 0 Å². The van der Waals surface area contributed by atoms with Crippen LogP contribution >= 0.6 is 0 Å². The molecule has 9 heteroatoms. The van der Waals surface area contributed by atoms with Crippen LogP contribution in [0.25, 0.3) is 0 Å². The molecule has 2 amide bonds. The summed E-state index contributed by atoms with van der Waals surface area (Å²) in [6.45, 7) is 15.5. The summed E-state index contributed by atoms with van der Waals surface area (Å²) in [6, 6.07) is 13.9. The third-order valence-corrected chi connectivity index (χ3v) is 6.35. The zero-order chi connectivity index (χ0) is 32.2. The molecule has 0 bridgehead atoms. The lowest BCUT2D eigenvalue weighted by Crippen LogP contribution is -2.44. The topological polar surface area (TPSA) is 95.0 Å². The number of carbonyl (C=O) groups excluding carboxylic acids is 3. The summed E-state index contributed by atoms with van der Waals surface area (Å²) in [7, 11) is 0. The Hall–Kier alpha value is -3.93. The van der Waals surface area contributed by atoms with E-state index >= 15 is 4.39 Å². The first kappa shape index (κ1) is 33.6. The van der Waals surface area contributed by atoms with Gasteiger partial charge in [0, 0.05) is 12.3 Å². The van der Waals surface area contributed by atoms with Gasteiger partial charge in [0.2, 0.25) is 0 Å². The van der Waals surface area contributed by atoms with Crippen molar-refractivity contribution in [2.75, 3.05) is 4.90 Å². The number of hydrogen-bond acceptors (Lipinski definition) is 7. The largest absolute Gasteiger partial charge is 0.460 e. The van der Waals surface area contributed by atoms with Crippen LogP contribution < -0.4 is 4.90 Å². The van der Waals surface area contributed by atoms with Crippen LogP contribution in [0.2, 0.25) is 0 Å². The third kappa shape index (κ3) is 10.1. The molecule has 0 N–H and O–H groups in total. The number of aromatic nitrogens is 1. The summed E-state index contributed by atoms with van der Waals surface area (Å²) in [5.74, 6) is 4.17. The summed E-state index contributed by atoms with van der Waals surface area (Å²) in [5, 5.41) is 0. The molecule has 1 aromatic carbocycles. The van der Waals surface area contributed by atoms with Crippen molar-refractivity contribution in [1.29, 1.82) is 0 Å². The van der Waals surface area contributed by atoms with Gasteiger partial charge in [-0.1, -0.05) is 42.3 Å². The lowest BCUT2D eigenvalue weighted by Gasteiger charge is -2.37. The van der Waals surface area contributed by atoms with Crippen molar-refractivity contribution < 1.29 is 33.0 Å². The standard InChI is InChI=1S/C34H43FN2O6/c1-31(2,3)41-28(38)25-19-21-34(35,22-26(25)23-14-11-10-12-15-23)20-18-24-16-13-17-27(36-24)37(29(39)42-32(4,5)6)30(40)43-33(7,8)9/h10-17,25-26H,19,21-22H2,1-9H3/t25-,26+,34?/m1/s1. The van der Waals surface area contributed by atoms with E-state index in [1.54, 1.807) is 53.7 Å². The Morgan fingerprint density at radius 3 is 1.93 bits per heavy atom. The van der Waals surface area contributed by atoms with Crippen molar-refractivity contribution >= 4 is 24.0 Å². The molecule has 0 spiro atoms. The highest BCUT2D eigenvalue weighted by Gasteiger charge is 2.45. The number of esters is 1. The van der Waals surface area contributed by atoms with E-state index in [0.29, 0.717) is 4.90 Å². The average Bonchev–Trinajstić information content (AvgIpc) is 2.85. The number of hydrogen-bond donors (Lipinski definition) is 0. The average molecular weight is 595 g/mol. The Kier molecular flexibility index (Phi) is 9.95. The van der Waals surface area contributed by atoms with Crippen molar-refractivity contribution in [2.45, 2.75) is 110 Å². The van der Waals surface area contributed by atoms with Crippen LogP contribution in [0, 0.1) is 17.8 Å². The molecule has 0 saturated heterocycles. The number of rotatable bonds is 3. The highest BCUT2D eigenvalue weighted by molar-refractivity contribution is 6.08. The Labute approximate surface area is 254 Å². The monoisotopic (exact) mass is 594 g/mol. The summed E-state index contributed by atoms with van der Waals surface area (Å²) in [5.41, 5.74) is -3.35. The number of carbonyl (C=O) groups is 3. The van der Waals surface area contributed by atoms with E-state index in [2.05, 4.69) is 16.8 Å². The number of imide groups is 1. The van der Waals surface area contributed by atoms with Gasteiger partial charge in [0.1, 0.15) is 28.3 Å². The zero-order valence-electron chi connectivity index (χ0n) is 26.6. The number of amides is 2. The van der Waals surface area contributed by atoms with Crippen LogP contribution in [0.1, 0.15) is 98.8 Å². The van der Waals surface area contributed by atoms with Gasteiger partial charge >= 0.3 is 18.2 Å². The molecule has 8 nitrogen and oxygen atoms in total. The van der Waals surface area contributed by atoms with Crippen LogP contribution in [0.5, 0.6) is 0 Å². The molecule has 1 unspecified atom stereocenters. The number of pyridine rings is 1. The van der Waals surface area contributed by atoms with E-state index in [9.17, 15) is 14.4 Å². The molecule has 2 aromatic rings. The predicted octanol–water partition coefficient (Wildman–Crippen LogP) is 7.74. The number of halogens is 1. The highest BCUT2D eigenvalue weighted by Crippen LogP contribution is 2.45. The van der Waals surface area contributed by atoms with Gasteiger partial charge in [-0.3, -0.25) is 4.79 Å². The van der Waals surface area contributed by atoms with E-state index in [1.165, 1.54) is 6.07 Å². The molecule has 0 radical (unpaired) electrons. The number of benzene rings is 1. The van der Waals surface area contributed by atoms with Crippen molar-refractivity contribution in [2.24, 2.45) is 5.92 Å². The first-order valence-corrected chi connectivity index (χ1v) is 14.5. The number of anilines is 1. The fourth-order valence-corrected chi connectivity index (χ4v) is 4.67. The van der Waals surface area contributed by atoms with E-state index in [0.717, 1.165) is 5.56 Å². The number of alkyl halides is 1. The maximum absolute atomic E-state index is 16.3. The molecule has 1 saturated carbocycles. The van der Waals surface area contributed by atoms with Gasteiger partial charge in [-0.05, 0) is 98.8 Å². The Bertz CT molecular complexity index is 1350. The fraction of sp³-hybridized carbons (Fsp3) is 0.529.